The van der Waals surface area contributed by atoms with Crippen LogP contribution in [0.15, 0.2) is 24.3 Å². The van der Waals surface area contributed by atoms with Crippen LogP contribution < -0.4 is 10.5 Å². The number of H-pyrrole nitrogens is 1. The number of imidazole rings is 1. The fraction of sp³-hybridized carbons (Fsp3) is 0.308. The van der Waals surface area contributed by atoms with Gasteiger partial charge in [0.05, 0.1) is 12.3 Å². The third-order valence-corrected chi connectivity index (χ3v) is 2.60. The first-order valence-electron chi connectivity index (χ1n) is 5.73. The van der Waals surface area contributed by atoms with E-state index in [2.05, 4.69) is 9.97 Å². The van der Waals surface area contributed by atoms with Gasteiger partial charge in [-0.1, -0.05) is 12.1 Å². The molecule has 0 saturated carbocycles. The number of benzene rings is 1. The van der Waals surface area contributed by atoms with Crippen LogP contribution in [0.2, 0.25) is 0 Å². The van der Waals surface area contributed by atoms with Crippen LogP contribution in [-0.2, 0) is 6.54 Å². The molecule has 4 heteroatoms. The van der Waals surface area contributed by atoms with E-state index in [0.29, 0.717) is 13.2 Å². The number of nitrogens with one attached hydrogen (secondary N) is 1. The van der Waals surface area contributed by atoms with Crippen LogP contribution in [0.5, 0.6) is 5.75 Å². The number of rotatable bonds is 4. The van der Waals surface area contributed by atoms with E-state index in [0.717, 1.165) is 28.5 Å². The van der Waals surface area contributed by atoms with Crippen LogP contribution >= 0.6 is 0 Å². The lowest BCUT2D eigenvalue weighted by molar-refractivity contribution is 0.340. The molecular formula is C13H17N3O. The van der Waals surface area contributed by atoms with Gasteiger partial charge in [0.2, 0.25) is 0 Å². The fourth-order valence-electron chi connectivity index (χ4n) is 1.73. The summed E-state index contributed by atoms with van der Waals surface area (Å²) in [6, 6.07) is 7.87. The average Bonchev–Trinajstić information content (AvgIpc) is 2.71. The van der Waals surface area contributed by atoms with Crippen molar-refractivity contribution in [2.45, 2.75) is 20.4 Å². The molecule has 0 bridgehead atoms. The zero-order chi connectivity index (χ0) is 12.3. The van der Waals surface area contributed by atoms with Gasteiger partial charge >= 0.3 is 0 Å². The Morgan fingerprint density at radius 1 is 1.41 bits per heavy atom. The number of nitrogens with zero attached hydrogens (tertiary/aromatic N) is 1. The van der Waals surface area contributed by atoms with Crippen molar-refractivity contribution < 1.29 is 4.74 Å². The molecule has 90 valence electrons. The highest BCUT2D eigenvalue weighted by molar-refractivity contribution is 5.58. The third kappa shape index (κ3) is 2.47. The lowest BCUT2D eigenvalue weighted by Gasteiger charge is -2.03. The summed E-state index contributed by atoms with van der Waals surface area (Å²) in [4.78, 5) is 7.70. The van der Waals surface area contributed by atoms with Crippen LogP contribution in [0.25, 0.3) is 11.4 Å². The summed E-state index contributed by atoms with van der Waals surface area (Å²) in [5.41, 5.74) is 8.55. The van der Waals surface area contributed by atoms with Gasteiger partial charge in [0.25, 0.3) is 0 Å². The second-order valence-electron chi connectivity index (χ2n) is 3.82. The lowest BCUT2D eigenvalue weighted by Crippen LogP contribution is -1.98. The predicted molar refractivity (Wildman–Crippen MR) is 67.8 cm³/mol. The molecule has 1 aromatic carbocycles. The summed E-state index contributed by atoms with van der Waals surface area (Å²) in [5.74, 6) is 1.69. The molecule has 0 atom stereocenters. The minimum atomic E-state index is 0.452. The van der Waals surface area contributed by atoms with Gasteiger partial charge in [0.1, 0.15) is 11.6 Å². The Bertz CT molecular complexity index is 505. The van der Waals surface area contributed by atoms with Crippen molar-refractivity contribution in [3.63, 3.8) is 0 Å². The van der Waals surface area contributed by atoms with Gasteiger partial charge in [-0.2, -0.15) is 0 Å². The summed E-state index contributed by atoms with van der Waals surface area (Å²) >= 11 is 0. The number of aryl methyl sites for hydroxylation is 1. The molecule has 17 heavy (non-hydrogen) atoms. The summed E-state index contributed by atoms with van der Waals surface area (Å²) in [7, 11) is 0. The van der Waals surface area contributed by atoms with E-state index >= 15 is 0 Å². The van der Waals surface area contributed by atoms with E-state index in [1.54, 1.807) is 0 Å². The predicted octanol–water partition coefficient (Wildman–Crippen LogP) is 2.24. The topological polar surface area (TPSA) is 63.9 Å². The standard InChI is InChI=1S/C13H17N3O/c1-3-17-11-6-4-5-10(7-11)13-15-9(2)12(8-14)16-13/h4-7H,3,8,14H2,1-2H3,(H,15,16). The highest BCUT2D eigenvalue weighted by atomic mass is 16.5. The minimum Gasteiger partial charge on any atom is -0.494 e. The maximum Gasteiger partial charge on any atom is 0.138 e. The van der Waals surface area contributed by atoms with Gasteiger partial charge in [-0.05, 0) is 26.0 Å². The van der Waals surface area contributed by atoms with Crippen molar-refractivity contribution >= 4 is 0 Å². The van der Waals surface area contributed by atoms with Crippen molar-refractivity contribution in [2.75, 3.05) is 6.61 Å². The molecule has 0 fully saturated rings. The molecule has 0 aliphatic carbocycles. The van der Waals surface area contributed by atoms with Gasteiger partial charge in [-0.3, -0.25) is 0 Å². The van der Waals surface area contributed by atoms with Crippen LogP contribution in [0.1, 0.15) is 18.3 Å². The molecule has 0 spiro atoms. The smallest absolute Gasteiger partial charge is 0.138 e. The second kappa shape index (κ2) is 5.01. The Morgan fingerprint density at radius 2 is 2.24 bits per heavy atom. The number of aromatic amines is 1. The van der Waals surface area contributed by atoms with E-state index in [9.17, 15) is 0 Å². The quantitative estimate of drug-likeness (QED) is 0.848. The Labute approximate surface area is 101 Å². The third-order valence-electron chi connectivity index (χ3n) is 2.60. The fourth-order valence-corrected chi connectivity index (χ4v) is 1.73. The summed E-state index contributed by atoms with van der Waals surface area (Å²) in [5, 5.41) is 0. The molecule has 0 saturated heterocycles. The first kappa shape index (κ1) is 11.7. The lowest BCUT2D eigenvalue weighted by atomic mass is 10.2. The molecule has 1 heterocycles. The minimum absolute atomic E-state index is 0.452. The summed E-state index contributed by atoms with van der Waals surface area (Å²) < 4.78 is 5.47. The van der Waals surface area contributed by atoms with E-state index in [1.807, 2.05) is 38.1 Å². The highest BCUT2D eigenvalue weighted by Gasteiger charge is 2.07. The maximum absolute atomic E-state index is 5.61. The molecule has 0 aliphatic heterocycles. The maximum atomic E-state index is 5.61. The highest BCUT2D eigenvalue weighted by Crippen LogP contribution is 2.22. The molecule has 2 rings (SSSR count). The van der Waals surface area contributed by atoms with Gasteiger partial charge < -0.3 is 15.5 Å². The molecule has 0 aliphatic rings. The van der Waals surface area contributed by atoms with Crippen LogP contribution in [-0.4, -0.2) is 16.6 Å². The number of hydrogen-bond donors (Lipinski definition) is 2. The number of ether oxygens (including phenoxy) is 1. The summed E-state index contributed by atoms with van der Waals surface area (Å²) in [6.45, 7) is 5.06. The van der Waals surface area contributed by atoms with E-state index < -0.39 is 0 Å². The van der Waals surface area contributed by atoms with Gasteiger partial charge in [-0.15, -0.1) is 0 Å². The van der Waals surface area contributed by atoms with Crippen molar-refractivity contribution in [1.82, 2.24) is 9.97 Å². The molecule has 1 aromatic heterocycles. The zero-order valence-corrected chi connectivity index (χ0v) is 10.2. The molecule has 4 nitrogen and oxygen atoms in total. The monoisotopic (exact) mass is 231 g/mol. The number of aromatic nitrogens is 2. The summed E-state index contributed by atoms with van der Waals surface area (Å²) in [6.07, 6.45) is 0. The van der Waals surface area contributed by atoms with E-state index in [1.165, 1.54) is 0 Å². The van der Waals surface area contributed by atoms with Gasteiger partial charge in [0, 0.05) is 17.8 Å². The number of hydrogen-bond acceptors (Lipinski definition) is 3. The SMILES string of the molecule is CCOc1cccc(-c2nc(CN)c(C)[nH]2)c1. The first-order valence-corrected chi connectivity index (χ1v) is 5.73. The van der Waals surface area contributed by atoms with Crippen LogP contribution in [0.4, 0.5) is 0 Å². The Morgan fingerprint density at radius 3 is 2.88 bits per heavy atom. The Balaban J connectivity index is 2.34. The zero-order valence-electron chi connectivity index (χ0n) is 10.2. The van der Waals surface area contributed by atoms with Gasteiger partial charge in [-0.25, -0.2) is 4.98 Å². The largest absolute Gasteiger partial charge is 0.494 e. The van der Waals surface area contributed by atoms with Crippen LogP contribution in [0.3, 0.4) is 0 Å². The van der Waals surface area contributed by atoms with Crippen LogP contribution in [0, 0.1) is 6.92 Å². The normalized spacial score (nSPS) is 10.5. The van der Waals surface area contributed by atoms with Crippen molar-refractivity contribution in [3.8, 4) is 17.1 Å². The second-order valence-corrected chi connectivity index (χ2v) is 3.82. The molecular weight excluding hydrogens is 214 g/mol. The molecule has 0 radical (unpaired) electrons. The Kier molecular flexibility index (Phi) is 3.44. The first-order chi connectivity index (χ1) is 8.24. The molecule has 0 amide bonds. The van der Waals surface area contributed by atoms with Crippen molar-refractivity contribution in [1.29, 1.82) is 0 Å². The van der Waals surface area contributed by atoms with Crippen molar-refractivity contribution in [2.24, 2.45) is 5.73 Å². The molecule has 0 unspecified atom stereocenters. The van der Waals surface area contributed by atoms with Crippen molar-refractivity contribution in [3.05, 3.63) is 35.7 Å². The van der Waals surface area contributed by atoms with E-state index in [-0.39, 0.29) is 0 Å². The Hall–Kier alpha value is -1.81. The average molecular weight is 231 g/mol. The van der Waals surface area contributed by atoms with Gasteiger partial charge in [0.15, 0.2) is 0 Å². The molecule has 3 N–H and O–H groups in total. The molecule has 2 aromatic rings. The number of nitrogens with two attached hydrogens (primary N) is 1. The van der Waals surface area contributed by atoms with E-state index in [4.69, 9.17) is 10.5 Å².